The van der Waals surface area contributed by atoms with E-state index in [9.17, 15) is 4.79 Å². The summed E-state index contributed by atoms with van der Waals surface area (Å²) < 4.78 is 0. The molecule has 118 valence electrons. The van der Waals surface area contributed by atoms with E-state index < -0.39 is 0 Å². The minimum Gasteiger partial charge on any atom is -0.361 e. The molecule has 0 fully saturated rings. The summed E-state index contributed by atoms with van der Waals surface area (Å²) in [6.07, 6.45) is 2.29. The Bertz CT molecular complexity index is 846. The molecule has 0 saturated carbocycles. The molecule has 3 rings (SSSR count). The van der Waals surface area contributed by atoms with Gasteiger partial charge in [-0.1, -0.05) is 50.2 Å². The number of rotatable bonds is 4. The predicted octanol–water partition coefficient (Wildman–Crippen LogP) is 4.78. The van der Waals surface area contributed by atoms with Crippen molar-refractivity contribution in [2.45, 2.75) is 33.1 Å². The Balaban J connectivity index is 1.83. The molecule has 3 nitrogen and oxygen atoms in total. The molecule has 0 atom stereocenters. The molecule has 3 aromatic rings. The van der Waals surface area contributed by atoms with Gasteiger partial charge in [0.05, 0.1) is 6.42 Å². The summed E-state index contributed by atoms with van der Waals surface area (Å²) >= 11 is 0. The Labute approximate surface area is 136 Å². The number of aromatic amines is 1. The third kappa shape index (κ3) is 3.14. The molecule has 0 bridgehead atoms. The van der Waals surface area contributed by atoms with Crippen molar-refractivity contribution in [2.24, 2.45) is 0 Å². The second-order valence-corrected chi connectivity index (χ2v) is 6.28. The van der Waals surface area contributed by atoms with E-state index in [1.54, 1.807) is 0 Å². The number of aromatic nitrogens is 1. The molecule has 23 heavy (non-hydrogen) atoms. The monoisotopic (exact) mass is 306 g/mol. The lowest BCUT2D eigenvalue weighted by atomic mass is 9.98. The minimum absolute atomic E-state index is 0.0194. The second-order valence-electron chi connectivity index (χ2n) is 6.28. The largest absolute Gasteiger partial charge is 0.361 e. The van der Waals surface area contributed by atoms with Gasteiger partial charge < -0.3 is 10.3 Å². The number of aryl methyl sites for hydroxylation is 1. The zero-order valence-electron chi connectivity index (χ0n) is 13.8. The van der Waals surface area contributed by atoms with E-state index in [-0.39, 0.29) is 5.91 Å². The molecular weight excluding hydrogens is 284 g/mol. The van der Waals surface area contributed by atoms with Crippen LogP contribution in [0.1, 0.15) is 36.5 Å². The number of fused-ring (bicyclic) bond motifs is 1. The van der Waals surface area contributed by atoms with E-state index in [1.807, 2.05) is 49.5 Å². The number of hydrogen-bond acceptors (Lipinski definition) is 1. The van der Waals surface area contributed by atoms with Crippen LogP contribution in [-0.2, 0) is 11.2 Å². The summed E-state index contributed by atoms with van der Waals surface area (Å²) in [5.74, 6) is 0.393. The van der Waals surface area contributed by atoms with Crippen molar-refractivity contribution in [3.63, 3.8) is 0 Å². The molecule has 2 aromatic carbocycles. The topological polar surface area (TPSA) is 44.9 Å². The molecule has 0 spiro atoms. The average molecular weight is 306 g/mol. The van der Waals surface area contributed by atoms with Gasteiger partial charge in [0.25, 0.3) is 0 Å². The number of hydrogen-bond donors (Lipinski definition) is 2. The quantitative estimate of drug-likeness (QED) is 0.715. The van der Waals surface area contributed by atoms with Gasteiger partial charge >= 0.3 is 0 Å². The van der Waals surface area contributed by atoms with Gasteiger partial charge in [-0.3, -0.25) is 4.79 Å². The SMILES string of the molecule is Cc1cccc(C(C)C)c1NC(=O)Cc1c[nH]c2ccccc12. The standard InChI is InChI=1S/C20H22N2O/c1-13(2)16-9-6-7-14(3)20(16)22-19(23)11-15-12-21-18-10-5-4-8-17(15)18/h4-10,12-13,21H,11H2,1-3H3,(H,22,23). The second kappa shape index (κ2) is 6.29. The molecule has 1 amide bonds. The fraction of sp³-hybridized carbons (Fsp3) is 0.250. The summed E-state index contributed by atoms with van der Waals surface area (Å²) in [6.45, 7) is 6.32. The highest BCUT2D eigenvalue weighted by Gasteiger charge is 2.13. The van der Waals surface area contributed by atoms with Crippen molar-refractivity contribution in [1.29, 1.82) is 0 Å². The zero-order chi connectivity index (χ0) is 16.4. The lowest BCUT2D eigenvalue weighted by molar-refractivity contribution is -0.115. The van der Waals surface area contributed by atoms with Gasteiger partial charge in [-0.05, 0) is 35.6 Å². The van der Waals surface area contributed by atoms with Gasteiger partial charge in [-0.25, -0.2) is 0 Å². The highest BCUT2D eigenvalue weighted by atomic mass is 16.1. The maximum atomic E-state index is 12.5. The normalized spacial score (nSPS) is 11.1. The Morgan fingerprint density at radius 1 is 1.13 bits per heavy atom. The average Bonchev–Trinajstić information content (AvgIpc) is 2.92. The van der Waals surface area contributed by atoms with Crippen LogP contribution in [0.5, 0.6) is 0 Å². The molecule has 0 unspecified atom stereocenters. The van der Waals surface area contributed by atoms with Gasteiger partial charge in [0.15, 0.2) is 0 Å². The maximum Gasteiger partial charge on any atom is 0.228 e. The lowest BCUT2D eigenvalue weighted by Gasteiger charge is -2.16. The highest BCUT2D eigenvalue weighted by Crippen LogP contribution is 2.28. The first-order chi connectivity index (χ1) is 11.1. The predicted molar refractivity (Wildman–Crippen MR) is 95.9 cm³/mol. The third-order valence-corrected chi connectivity index (χ3v) is 4.22. The molecular formula is C20H22N2O. The first-order valence-electron chi connectivity index (χ1n) is 8.00. The first-order valence-corrected chi connectivity index (χ1v) is 8.00. The molecule has 0 aliphatic carbocycles. The van der Waals surface area contributed by atoms with Gasteiger partial charge in [0, 0.05) is 22.8 Å². The van der Waals surface area contributed by atoms with Crippen molar-refractivity contribution in [1.82, 2.24) is 4.98 Å². The zero-order valence-corrected chi connectivity index (χ0v) is 13.8. The smallest absolute Gasteiger partial charge is 0.228 e. The summed E-state index contributed by atoms with van der Waals surface area (Å²) in [5.41, 5.74) is 5.32. The number of para-hydroxylation sites is 2. The fourth-order valence-electron chi connectivity index (χ4n) is 2.98. The Kier molecular flexibility index (Phi) is 4.20. The molecule has 0 aliphatic rings. The molecule has 0 saturated heterocycles. The van der Waals surface area contributed by atoms with Crippen LogP contribution in [0.25, 0.3) is 10.9 Å². The number of benzene rings is 2. The van der Waals surface area contributed by atoms with Crippen LogP contribution in [0.3, 0.4) is 0 Å². The number of anilines is 1. The highest BCUT2D eigenvalue weighted by molar-refractivity contribution is 5.96. The van der Waals surface area contributed by atoms with Gasteiger partial charge in [0.1, 0.15) is 0 Å². The van der Waals surface area contributed by atoms with Crippen LogP contribution in [0.15, 0.2) is 48.7 Å². The van der Waals surface area contributed by atoms with Gasteiger partial charge in [-0.2, -0.15) is 0 Å². The number of carbonyl (C=O) groups is 1. The van der Waals surface area contributed by atoms with Gasteiger partial charge in [0.2, 0.25) is 5.91 Å². The summed E-state index contributed by atoms with van der Waals surface area (Å²) in [7, 11) is 0. The molecule has 0 radical (unpaired) electrons. The van der Waals surface area contributed by atoms with E-state index >= 15 is 0 Å². The van der Waals surface area contributed by atoms with E-state index in [1.165, 1.54) is 5.56 Å². The van der Waals surface area contributed by atoms with Gasteiger partial charge in [-0.15, -0.1) is 0 Å². The van der Waals surface area contributed by atoms with Crippen LogP contribution >= 0.6 is 0 Å². The minimum atomic E-state index is 0.0194. The van der Waals surface area contributed by atoms with Crippen LogP contribution in [0.2, 0.25) is 0 Å². The van der Waals surface area contributed by atoms with Crippen LogP contribution in [0.4, 0.5) is 5.69 Å². The van der Waals surface area contributed by atoms with E-state index in [4.69, 9.17) is 0 Å². The molecule has 1 aromatic heterocycles. The number of carbonyl (C=O) groups excluding carboxylic acids is 1. The number of H-pyrrole nitrogens is 1. The van der Waals surface area contributed by atoms with Crippen molar-refractivity contribution in [3.8, 4) is 0 Å². The summed E-state index contributed by atoms with van der Waals surface area (Å²) in [4.78, 5) is 15.7. The Morgan fingerprint density at radius 3 is 2.70 bits per heavy atom. The summed E-state index contributed by atoms with van der Waals surface area (Å²) in [5, 5.41) is 4.22. The van der Waals surface area contributed by atoms with Crippen molar-refractivity contribution >= 4 is 22.5 Å². The molecule has 3 heteroatoms. The third-order valence-electron chi connectivity index (χ3n) is 4.22. The number of nitrogens with one attached hydrogen (secondary N) is 2. The van der Waals surface area contributed by atoms with Crippen molar-refractivity contribution in [3.05, 3.63) is 65.4 Å². The maximum absolute atomic E-state index is 12.5. The lowest BCUT2D eigenvalue weighted by Crippen LogP contribution is -2.16. The summed E-state index contributed by atoms with van der Waals surface area (Å²) in [6, 6.07) is 14.2. The van der Waals surface area contributed by atoms with E-state index in [2.05, 4.69) is 30.2 Å². The molecule has 2 N–H and O–H groups in total. The fourth-order valence-corrected chi connectivity index (χ4v) is 2.98. The first kappa shape index (κ1) is 15.3. The Morgan fingerprint density at radius 2 is 1.91 bits per heavy atom. The van der Waals surface area contributed by atoms with E-state index in [0.29, 0.717) is 12.3 Å². The molecule has 1 heterocycles. The Hall–Kier alpha value is -2.55. The van der Waals surface area contributed by atoms with Crippen LogP contribution in [-0.4, -0.2) is 10.9 Å². The molecule has 0 aliphatic heterocycles. The van der Waals surface area contributed by atoms with Crippen molar-refractivity contribution < 1.29 is 4.79 Å². The van der Waals surface area contributed by atoms with E-state index in [0.717, 1.165) is 27.7 Å². The van der Waals surface area contributed by atoms with Crippen LogP contribution < -0.4 is 5.32 Å². The number of amides is 1. The van der Waals surface area contributed by atoms with Crippen LogP contribution in [0, 0.1) is 6.92 Å². The van der Waals surface area contributed by atoms with Crippen molar-refractivity contribution in [2.75, 3.05) is 5.32 Å².